The zero-order chi connectivity index (χ0) is 29.5. The third kappa shape index (κ3) is 4.16. The molecule has 0 aliphatic rings. The van der Waals surface area contributed by atoms with Crippen molar-refractivity contribution in [2.45, 2.75) is 0 Å². The fraction of sp³-hybridized carbons (Fsp3) is 0. The molecule has 0 aliphatic carbocycles. The van der Waals surface area contributed by atoms with E-state index >= 15 is 0 Å². The van der Waals surface area contributed by atoms with Crippen LogP contribution < -0.4 is 0 Å². The van der Waals surface area contributed by atoms with Crippen LogP contribution in [0.2, 0.25) is 0 Å². The fourth-order valence-corrected chi connectivity index (χ4v) is 10.4. The standard InChI is InChI=1S/C42H24S3/c1-2-6-25(7-3-1)26-10-12-27(13-11-26)30-16-17-37-34(18-30)24-38(43-37)32-15-14-31-21-36-40(23-33(31)19-32)45-41-35-20-28-8-4-5-9-29(28)22-39(35)44-42(36)41/h1-24H. The summed E-state index contributed by atoms with van der Waals surface area (Å²) in [6.07, 6.45) is 0. The molecular formula is C42H24S3. The summed E-state index contributed by atoms with van der Waals surface area (Å²) >= 11 is 5.75. The van der Waals surface area contributed by atoms with Crippen LogP contribution in [0, 0.1) is 0 Å². The number of hydrogen-bond acceptors (Lipinski definition) is 3. The van der Waals surface area contributed by atoms with Crippen LogP contribution in [0.15, 0.2) is 146 Å². The highest BCUT2D eigenvalue weighted by Gasteiger charge is 2.15. The number of thiophene rings is 3. The van der Waals surface area contributed by atoms with Crippen molar-refractivity contribution in [3.05, 3.63) is 146 Å². The van der Waals surface area contributed by atoms with Gasteiger partial charge in [0.15, 0.2) is 0 Å². The molecule has 210 valence electrons. The molecular weight excluding hydrogens is 601 g/mol. The first-order valence-corrected chi connectivity index (χ1v) is 17.6. The van der Waals surface area contributed by atoms with Crippen molar-refractivity contribution < 1.29 is 0 Å². The number of fused-ring (bicyclic) bond motifs is 8. The van der Waals surface area contributed by atoms with E-state index in [0.717, 1.165) is 0 Å². The van der Waals surface area contributed by atoms with Crippen LogP contribution in [0.5, 0.6) is 0 Å². The third-order valence-electron chi connectivity index (χ3n) is 9.03. The monoisotopic (exact) mass is 624 g/mol. The average molecular weight is 625 g/mol. The highest BCUT2D eigenvalue weighted by molar-refractivity contribution is 7.36. The summed E-state index contributed by atoms with van der Waals surface area (Å²) in [4.78, 5) is 1.31. The van der Waals surface area contributed by atoms with E-state index in [4.69, 9.17) is 0 Å². The van der Waals surface area contributed by atoms with E-state index in [9.17, 15) is 0 Å². The first kappa shape index (κ1) is 25.5. The highest BCUT2D eigenvalue weighted by Crippen LogP contribution is 2.46. The van der Waals surface area contributed by atoms with Crippen molar-refractivity contribution in [2.75, 3.05) is 0 Å². The molecule has 3 aromatic heterocycles. The second-order valence-corrected chi connectivity index (χ2v) is 15.0. The van der Waals surface area contributed by atoms with Crippen LogP contribution in [-0.2, 0) is 0 Å². The van der Waals surface area contributed by atoms with Gasteiger partial charge in [-0.3, -0.25) is 0 Å². The van der Waals surface area contributed by atoms with Gasteiger partial charge in [-0.05, 0) is 103 Å². The maximum Gasteiger partial charge on any atom is 0.0542 e. The molecule has 0 radical (unpaired) electrons. The maximum atomic E-state index is 2.41. The van der Waals surface area contributed by atoms with Crippen molar-refractivity contribution in [3.63, 3.8) is 0 Å². The number of hydrogen-bond donors (Lipinski definition) is 0. The summed E-state index contributed by atoms with van der Waals surface area (Å²) in [5.74, 6) is 0. The molecule has 0 saturated carbocycles. The van der Waals surface area contributed by atoms with Crippen LogP contribution in [0.25, 0.3) is 93.9 Å². The molecule has 0 N–H and O–H groups in total. The van der Waals surface area contributed by atoms with Gasteiger partial charge in [0.2, 0.25) is 0 Å². The maximum absolute atomic E-state index is 2.41. The van der Waals surface area contributed by atoms with Crippen LogP contribution in [0.4, 0.5) is 0 Å². The zero-order valence-corrected chi connectivity index (χ0v) is 26.5. The molecule has 0 nitrogen and oxygen atoms in total. The molecule has 45 heavy (non-hydrogen) atoms. The minimum absolute atomic E-state index is 1.25. The second-order valence-electron chi connectivity index (χ2n) is 11.8. The molecule has 3 heteroatoms. The van der Waals surface area contributed by atoms with Gasteiger partial charge >= 0.3 is 0 Å². The Kier molecular flexibility index (Phi) is 5.59. The smallest absolute Gasteiger partial charge is 0.0542 e. The van der Waals surface area contributed by atoms with Gasteiger partial charge in [0.25, 0.3) is 0 Å². The van der Waals surface area contributed by atoms with Gasteiger partial charge in [-0.25, -0.2) is 0 Å². The molecule has 0 amide bonds. The van der Waals surface area contributed by atoms with Crippen molar-refractivity contribution in [1.29, 1.82) is 0 Å². The first-order chi connectivity index (χ1) is 22.2. The van der Waals surface area contributed by atoms with Gasteiger partial charge < -0.3 is 0 Å². The molecule has 0 spiro atoms. The second kappa shape index (κ2) is 9.85. The summed E-state index contributed by atoms with van der Waals surface area (Å²) in [7, 11) is 0. The molecule has 7 aromatic carbocycles. The molecule has 0 fully saturated rings. The molecule has 10 rings (SSSR count). The van der Waals surface area contributed by atoms with Gasteiger partial charge in [-0.1, -0.05) is 97.1 Å². The van der Waals surface area contributed by atoms with E-state index in [0.29, 0.717) is 0 Å². The van der Waals surface area contributed by atoms with E-state index in [1.54, 1.807) is 0 Å². The Morgan fingerprint density at radius 3 is 1.56 bits per heavy atom. The van der Waals surface area contributed by atoms with Crippen LogP contribution in [-0.4, -0.2) is 0 Å². The first-order valence-electron chi connectivity index (χ1n) is 15.1. The molecule has 10 aromatic rings. The third-order valence-corrected chi connectivity index (χ3v) is 12.7. The number of rotatable bonds is 3. The van der Waals surface area contributed by atoms with E-state index in [1.807, 2.05) is 34.0 Å². The SMILES string of the molecule is c1ccc(-c2ccc(-c3ccc4sc(-c5ccc6cc7c(cc6c5)sc5c6cc8ccccc8cc6sc75)cc4c3)cc2)cc1. The summed E-state index contributed by atoms with van der Waals surface area (Å²) in [6, 6.07) is 53.9. The summed E-state index contributed by atoms with van der Waals surface area (Å²) in [5.41, 5.74) is 6.28. The molecule has 0 saturated heterocycles. The van der Waals surface area contributed by atoms with Crippen LogP contribution >= 0.6 is 34.0 Å². The van der Waals surface area contributed by atoms with Gasteiger partial charge in [0.05, 0.1) is 9.40 Å². The van der Waals surface area contributed by atoms with Crippen molar-refractivity contribution >= 4 is 95.2 Å². The predicted octanol–water partition coefficient (Wildman–Crippen LogP) is 13.8. The average Bonchev–Trinajstić information content (AvgIpc) is 3.78. The molecule has 0 unspecified atom stereocenters. The Hall–Kier alpha value is -4.80. The van der Waals surface area contributed by atoms with Crippen molar-refractivity contribution in [3.8, 4) is 32.7 Å². The lowest BCUT2D eigenvalue weighted by Gasteiger charge is -2.05. The zero-order valence-electron chi connectivity index (χ0n) is 24.1. The van der Waals surface area contributed by atoms with Gasteiger partial charge in [-0.2, -0.15) is 0 Å². The lowest BCUT2D eigenvalue weighted by Crippen LogP contribution is -1.80. The van der Waals surface area contributed by atoms with Gasteiger partial charge in [-0.15, -0.1) is 34.0 Å². The molecule has 3 heterocycles. The fourth-order valence-electron chi connectivity index (χ4n) is 6.69. The minimum atomic E-state index is 1.25. The Bertz CT molecular complexity index is 2740. The lowest BCUT2D eigenvalue weighted by molar-refractivity contribution is 1.60. The Morgan fingerprint density at radius 2 is 0.822 bits per heavy atom. The van der Waals surface area contributed by atoms with E-state index < -0.39 is 0 Å². The van der Waals surface area contributed by atoms with E-state index in [1.165, 1.54) is 93.9 Å². The number of benzene rings is 7. The Labute approximate surface area is 272 Å². The van der Waals surface area contributed by atoms with Gasteiger partial charge in [0.1, 0.15) is 0 Å². The molecule has 0 bridgehead atoms. The van der Waals surface area contributed by atoms with Crippen LogP contribution in [0.3, 0.4) is 0 Å². The molecule has 0 aliphatic heterocycles. The molecule has 0 atom stereocenters. The predicted molar refractivity (Wildman–Crippen MR) is 201 cm³/mol. The van der Waals surface area contributed by atoms with Crippen LogP contribution in [0.1, 0.15) is 0 Å². The van der Waals surface area contributed by atoms with E-state index in [2.05, 4.69) is 146 Å². The summed E-state index contributed by atoms with van der Waals surface area (Å²) < 4.78 is 6.91. The topological polar surface area (TPSA) is 0 Å². The summed E-state index contributed by atoms with van der Waals surface area (Å²) in [5, 5.41) is 9.30. The van der Waals surface area contributed by atoms with Gasteiger partial charge in [0, 0.05) is 29.7 Å². The largest absolute Gasteiger partial charge is 0.135 e. The quantitative estimate of drug-likeness (QED) is 0.183. The Balaban J connectivity index is 1.02. The Morgan fingerprint density at radius 1 is 0.289 bits per heavy atom. The highest BCUT2D eigenvalue weighted by atomic mass is 32.1. The van der Waals surface area contributed by atoms with E-state index in [-0.39, 0.29) is 0 Å². The normalized spacial score (nSPS) is 12.0. The minimum Gasteiger partial charge on any atom is -0.135 e. The summed E-state index contributed by atoms with van der Waals surface area (Å²) in [6.45, 7) is 0. The van der Waals surface area contributed by atoms with Crippen molar-refractivity contribution in [2.24, 2.45) is 0 Å². The lowest BCUT2D eigenvalue weighted by atomic mass is 9.99. The van der Waals surface area contributed by atoms with Crippen molar-refractivity contribution in [1.82, 2.24) is 0 Å².